The van der Waals surface area contributed by atoms with Crippen LogP contribution in [0.25, 0.3) is 22.4 Å². The van der Waals surface area contributed by atoms with Gasteiger partial charge in [-0.2, -0.15) is 0 Å². The lowest BCUT2D eigenvalue weighted by atomic mass is 10.1. The first-order valence-corrected chi connectivity index (χ1v) is 9.43. The summed E-state index contributed by atoms with van der Waals surface area (Å²) in [5.41, 5.74) is 4.09. The minimum absolute atomic E-state index is 0.196. The molecule has 0 atom stereocenters. The Hall–Kier alpha value is -2.82. The van der Waals surface area contributed by atoms with Crippen LogP contribution in [0.4, 0.5) is 0 Å². The number of hydrogen-bond acceptors (Lipinski definition) is 2. The second kappa shape index (κ2) is 7.30. The largest absolute Gasteiger partial charge is 0.478 e. The Balaban J connectivity index is 2.01. The number of carboxylic acid groups (broad SMARTS) is 1. The molecule has 0 aliphatic heterocycles. The lowest BCUT2D eigenvalue weighted by molar-refractivity contribution is 0.0698. The minimum Gasteiger partial charge on any atom is -0.478 e. The fourth-order valence-electron chi connectivity index (χ4n) is 3.34. The molecule has 0 aliphatic rings. The molecule has 0 aliphatic carbocycles. The van der Waals surface area contributed by atoms with Crippen LogP contribution in [0, 0.1) is 6.92 Å². The van der Waals surface area contributed by atoms with Crippen molar-refractivity contribution in [2.45, 2.75) is 13.5 Å². The van der Waals surface area contributed by atoms with E-state index in [1.165, 1.54) is 0 Å². The Morgan fingerprint density at radius 1 is 1.07 bits per heavy atom. The van der Waals surface area contributed by atoms with E-state index in [0.29, 0.717) is 33.4 Å². The van der Waals surface area contributed by atoms with Crippen LogP contribution in [0.5, 0.6) is 0 Å². The van der Waals surface area contributed by atoms with Gasteiger partial charge in [0.05, 0.1) is 21.6 Å². The van der Waals surface area contributed by atoms with Gasteiger partial charge in [-0.05, 0) is 54.4 Å². The average molecular weight is 411 g/mol. The first kappa shape index (κ1) is 18.5. The summed E-state index contributed by atoms with van der Waals surface area (Å²) in [6, 6.07) is 18.3. The van der Waals surface area contributed by atoms with E-state index in [-0.39, 0.29) is 5.56 Å². The van der Waals surface area contributed by atoms with Crippen molar-refractivity contribution in [2.24, 2.45) is 0 Å². The maximum Gasteiger partial charge on any atom is 0.337 e. The van der Waals surface area contributed by atoms with E-state index in [0.717, 1.165) is 16.7 Å². The van der Waals surface area contributed by atoms with Crippen LogP contribution in [-0.2, 0) is 6.54 Å². The molecule has 28 heavy (non-hydrogen) atoms. The topological polar surface area (TPSA) is 55.1 Å². The van der Waals surface area contributed by atoms with Crippen molar-refractivity contribution in [3.8, 4) is 11.4 Å². The van der Waals surface area contributed by atoms with Crippen LogP contribution in [0.3, 0.4) is 0 Å². The third-order valence-corrected chi connectivity index (χ3v) is 5.14. The van der Waals surface area contributed by atoms with Crippen LogP contribution >= 0.6 is 23.2 Å². The summed E-state index contributed by atoms with van der Waals surface area (Å²) in [4.78, 5) is 16.6. The number of carboxylic acids is 1. The fraction of sp³-hybridized carbons (Fsp3) is 0.0909. The summed E-state index contributed by atoms with van der Waals surface area (Å²) >= 11 is 12.6. The Bertz CT molecular complexity index is 1210. The molecule has 0 unspecified atom stereocenters. The maximum absolute atomic E-state index is 11.8. The molecule has 4 rings (SSSR count). The number of rotatable bonds is 4. The normalized spacial score (nSPS) is 11.1. The van der Waals surface area contributed by atoms with E-state index in [4.69, 9.17) is 28.2 Å². The molecule has 4 nitrogen and oxygen atoms in total. The zero-order valence-electron chi connectivity index (χ0n) is 15.0. The third-order valence-electron chi connectivity index (χ3n) is 4.59. The number of aryl methyl sites for hydroxylation is 1. The molecule has 0 fully saturated rings. The first-order valence-electron chi connectivity index (χ1n) is 8.67. The van der Waals surface area contributed by atoms with Crippen LogP contribution in [0.1, 0.15) is 21.5 Å². The van der Waals surface area contributed by atoms with Gasteiger partial charge in [0.15, 0.2) is 0 Å². The molecule has 1 heterocycles. The summed E-state index contributed by atoms with van der Waals surface area (Å²) in [6.07, 6.45) is 0. The number of halogens is 2. The van der Waals surface area contributed by atoms with Gasteiger partial charge in [0.2, 0.25) is 0 Å². The van der Waals surface area contributed by atoms with Crippen LogP contribution in [-0.4, -0.2) is 20.6 Å². The number of imidazole rings is 1. The fourth-order valence-corrected chi connectivity index (χ4v) is 3.87. The zero-order chi connectivity index (χ0) is 19.8. The van der Waals surface area contributed by atoms with E-state index in [2.05, 4.69) is 0 Å². The number of carbonyl (C=O) groups is 1. The number of aromatic nitrogens is 2. The third kappa shape index (κ3) is 3.37. The number of aromatic carboxylic acids is 1. The lowest BCUT2D eigenvalue weighted by Crippen LogP contribution is -2.06. The molecule has 0 amide bonds. The van der Waals surface area contributed by atoms with Crippen molar-refractivity contribution < 1.29 is 9.90 Å². The maximum atomic E-state index is 11.8. The number of fused-ring (bicyclic) bond motifs is 1. The monoisotopic (exact) mass is 410 g/mol. The molecule has 0 saturated heterocycles. The summed E-state index contributed by atoms with van der Waals surface area (Å²) in [6.45, 7) is 2.38. The van der Waals surface area contributed by atoms with Crippen molar-refractivity contribution in [1.82, 2.24) is 9.55 Å². The highest BCUT2D eigenvalue weighted by atomic mass is 35.5. The quantitative estimate of drug-likeness (QED) is 0.444. The molecule has 140 valence electrons. The highest BCUT2D eigenvalue weighted by Gasteiger charge is 2.20. The van der Waals surface area contributed by atoms with Crippen molar-refractivity contribution in [1.29, 1.82) is 0 Å². The summed E-state index contributed by atoms with van der Waals surface area (Å²) in [5.74, 6) is -0.381. The molecule has 0 radical (unpaired) electrons. The van der Waals surface area contributed by atoms with Gasteiger partial charge in [-0.15, -0.1) is 0 Å². The predicted octanol–water partition coefficient (Wildman–Crippen LogP) is 6.07. The smallest absolute Gasteiger partial charge is 0.337 e. The number of hydrogen-bond donors (Lipinski definition) is 1. The molecule has 0 bridgehead atoms. The summed E-state index contributed by atoms with van der Waals surface area (Å²) in [5, 5.41) is 10.9. The van der Waals surface area contributed by atoms with Crippen LogP contribution in [0.15, 0.2) is 60.7 Å². The summed E-state index contributed by atoms with van der Waals surface area (Å²) in [7, 11) is 0. The van der Waals surface area contributed by atoms with E-state index < -0.39 is 5.97 Å². The van der Waals surface area contributed by atoms with Gasteiger partial charge in [0, 0.05) is 17.1 Å². The van der Waals surface area contributed by atoms with Crippen molar-refractivity contribution >= 4 is 40.2 Å². The van der Waals surface area contributed by atoms with E-state index in [1.807, 2.05) is 54.0 Å². The molecular weight excluding hydrogens is 395 g/mol. The van der Waals surface area contributed by atoms with Gasteiger partial charge < -0.3 is 9.67 Å². The molecule has 4 aromatic rings. The zero-order valence-corrected chi connectivity index (χ0v) is 16.5. The number of benzene rings is 3. The molecule has 0 spiro atoms. The predicted molar refractivity (Wildman–Crippen MR) is 112 cm³/mol. The first-order chi connectivity index (χ1) is 13.4. The van der Waals surface area contributed by atoms with Crippen molar-refractivity contribution in [2.75, 3.05) is 0 Å². The molecule has 3 aromatic carbocycles. The second-order valence-corrected chi connectivity index (χ2v) is 7.46. The van der Waals surface area contributed by atoms with Gasteiger partial charge in [0.25, 0.3) is 0 Å². The highest BCUT2D eigenvalue weighted by Crippen LogP contribution is 2.33. The standard InChI is InChI=1S/C22H16Cl2N2O2/c1-13-8-9-16(18(24)10-13)21-25-19-7-3-6-17(22(27)28)20(19)26(21)12-14-4-2-5-15(23)11-14/h2-11H,12H2,1H3,(H,27,28). The molecular formula is C22H16Cl2N2O2. The van der Waals surface area contributed by atoms with Gasteiger partial charge in [-0.3, -0.25) is 0 Å². The molecule has 1 aromatic heterocycles. The van der Waals surface area contributed by atoms with E-state index >= 15 is 0 Å². The molecule has 0 saturated carbocycles. The molecule has 1 N–H and O–H groups in total. The second-order valence-electron chi connectivity index (χ2n) is 6.61. The Labute approximate surface area is 172 Å². The molecule has 6 heteroatoms. The average Bonchev–Trinajstić information content (AvgIpc) is 3.00. The van der Waals surface area contributed by atoms with E-state index in [9.17, 15) is 9.90 Å². The number of para-hydroxylation sites is 1. The van der Waals surface area contributed by atoms with Crippen molar-refractivity contribution in [3.63, 3.8) is 0 Å². The van der Waals surface area contributed by atoms with Gasteiger partial charge in [-0.25, -0.2) is 9.78 Å². The van der Waals surface area contributed by atoms with Crippen LogP contribution in [0.2, 0.25) is 10.0 Å². The number of nitrogens with zero attached hydrogens (tertiary/aromatic N) is 2. The minimum atomic E-state index is -1.00. The van der Waals surface area contributed by atoms with Gasteiger partial charge in [-0.1, -0.05) is 47.5 Å². The Morgan fingerprint density at radius 3 is 2.57 bits per heavy atom. The van der Waals surface area contributed by atoms with E-state index in [1.54, 1.807) is 18.2 Å². The Morgan fingerprint density at radius 2 is 1.86 bits per heavy atom. The van der Waals surface area contributed by atoms with Gasteiger partial charge in [0.1, 0.15) is 5.82 Å². The van der Waals surface area contributed by atoms with Crippen molar-refractivity contribution in [3.05, 3.63) is 87.4 Å². The van der Waals surface area contributed by atoms with Crippen LogP contribution < -0.4 is 0 Å². The van der Waals surface area contributed by atoms with Gasteiger partial charge >= 0.3 is 5.97 Å². The Kier molecular flexibility index (Phi) is 4.84. The summed E-state index contributed by atoms with van der Waals surface area (Å²) < 4.78 is 1.89. The SMILES string of the molecule is Cc1ccc(-c2nc3cccc(C(=O)O)c3n2Cc2cccc(Cl)c2)c(Cl)c1. The highest BCUT2D eigenvalue weighted by molar-refractivity contribution is 6.33. The lowest BCUT2D eigenvalue weighted by Gasteiger charge is -2.12.